The van der Waals surface area contributed by atoms with Crippen LogP contribution in [-0.2, 0) is 16.6 Å². The molecule has 0 radical (unpaired) electrons. The number of sulfonamides is 1. The van der Waals surface area contributed by atoms with E-state index >= 15 is 0 Å². The molecule has 0 saturated carbocycles. The van der Waals surface area contributed by atoms with E-state index in [0.717, 1.165) is 0 Å². The molecule has 110 valence electrons. The third kappa shape index (κ3) is 3.84. The molecule has 0 aromatic heterocycles. The van der Waals surface area contributed by atoms with Crippen LogP contribution in [0.5, 0.6) is 0 Å². The highest BCUT2D eigenvalue weighted by molar-refractivity contribution is 7.89. The van der Waals surface area contributed by atoms with Gasteiger partial charge in [0.1, 0.15) is 10.8 Å². The number of hydrogen-bond acceptors (Lipinski definition) is 3. The lowest BCUT2D eigenvalue weighted by Crippen LogP contribution is -2.24. The van der Waals surface area contributed by atoms with E-state index in [0.29, 0.717) is 5.56 Å². The summed E-state index contributed by atoms with van der Waals surface area (Å²) >= 11 is 4.82. The minimum absolute atomic E-state index is 0.0316. The standard InChI is InChI=1S/C14H13FN2O2S2/c15-13-7-2-1-4-11(13)9-17-21(18,19)12-6-3-5-10(8-12)14(16)20/h1-8,17H,9H2,(H2,16,20). The van der Waals surface area contributed by atoms with E-state index in [1.54, 1.807) is 24.3 Å². The van der Waals surface area contributed by atoms with Crippen molar-refractivity contribution in [1.29, 1.82) is 0 Å². The molecular formula is C14H13FN2O2S2. The number of thiocarbonyl (C=S) groups is 1. The Bertz CT molecular complexity index is 776. The third-order valence-electron chi connectivity index (χ3n) is 2.84. The second-order valence-corrected chi connectivity index (χ2v) is 6.51. The van der Waals surface area contributed by atoms with Crippen molar-refractivity contribution in [2.24, 2.45) is 5.73 Å². The molecule has 0 aliphatic carbocycles. The molecule has 0 bridgehead atoms. The van der Waals surface area contributed by atoms with Crippen molar-refractivity contribution in [1.82, 2.24) is 4.72 Å². The number of halogens is 1. The van der Waals surface area contributed by atoms with E-state index in [1.807, 2.05) is 0 Å². The van der Waals surface area contributed by atoms with E-state index in [4.69, 9.17) is 18.0 Å². The molecule has 2 rings (SSSR count). The fraction of sp³-hybridized carbons (Fsp3) is 0.0714. The maximum absolute atomic E-state index is 13.5. The van der Waals surface area contributed by atoms with Gasteiger partial charge in [0.15, 0.2) is 0 Å². The van der Waals surface area contributed by atoms with E-state index in [-0.39, 0.29) is 22.0 Å². The van der Waals surface area contributed by atoms with Crippen LogP contribution in [0.15, 0.2) is 53.4 Å². The zero-order valence-corrected chi connectivity index (χ0v) is 12.5. The smallest absolute Gasteiger partial charge is 0.240 e. The van der Waals surface area contributed by atoms with Crippen LogP contribution in [0, 0.1) is 5.82 Å². The van der Waals surface area contributed by atoms with Gasteiger partial charge in [-0.05, 0) is 18.2 Å². The molecule has 0 heterocycles. The molecule has 0 saturated heterocycles. The Labute approximate surface area is 127 Å². The van der Waals surface area contributed by atoms with E-state index in [9.17, 15) is 12.8 Å². The first-order valence-electron chi connectivity index (χ1n) is 6.03. The van der Waals surface area contributed by atoms with Crippen molar-refractivity contribution in [2.45, 2.75) is 11.4 Å². The maximum Gasteiger partial charge on any atom is 0.240 e. The van der Waals surface area contributed by atoms with Gasteiger partial charge in [0.05, 0.1) is 4.90 Å². The molecule has 7 heteroatoms. The minimum atomic E-state index is -3.76. The zero-order chi connectivity index (χ0) is 15.5. The molecular weight excluding hydrogens is 311 g/mol. The number of benzene rings is 2. The van der Waals surface area contributed by atoms with Gasteiger partial charge in [0.2, 0.25) is 10.0 Å². The van der Waals surface area contributed by atoms with Crippen molar-refractivity contribution in [3.8, 4) is 0 Å². The van der Waals surface area contributed by atoms with Crippen LogP contribution in [0.3, 0.4) is 0 Å². The monoisotopic (exact) mass is 324 g/mol. The summed E-state index contributed by atoms with van der Waals surface area (Å²) in [5.74, 6) is -0.461. The molecule has 0 fully saturated rings. The van der Waals surface area contributed by atoms with E-state index in [2.05, 4.69) is 4.72 Å². The van der Waals surface area contributed by atoms with Crippen LogP contribution in [0.1, 0.15) is 11.1 Å². The molecule has 0 amide bonds. The zero-order valence-electron chi connectivity index (χ0n) is 10.9. The molecule has 2 aromatic carbocycles. The van der Waals surface area contributed by atoms with Crippen molar-refractivity contribution in [3.05, 3.63) is 65.5 Å². The van der Waals surface area contributed by atoms with Crippen molar-refractivity contribution < 1.29 is 12.8 Å². The summed E-state index contributed by atoms with van der Waals surface area (Å²) in [5, 5.41) is 0. The van der Waals surface area contributed by atoms with Crippen molar-refractivity contribution in [3.63, 3.8) is 0 Å². The van der Waals surface area contributed by atoms with Crippen LogP contribution >= 0.6 is 12.2 Å². The van der Waals surface area contributed by atoms with Gasteiger partial charge in [-0.25, -0.2) is 17.5 Å². The SMILES string of the molecule is NC(=S)c1cccc(S(=O)(=O)NCc2ccccc2F)c1. The molecule has 0 spiro atoms. The topological polar surface area (TPSA) is 72.2 Å². The highest BCUT2D eigenvalue weighted by Crippen LogP contribution is 2.13. The molecule has 3 N–H and O–H groups in total. The number of rotatable bonds is 5. The number of nitrogens with one attached hydrogen (secondary N) is 1. The predicted molar refractivity (Wildman–Crippen MR) is 82.8 cm³/mol. The summed E-state index contributed by atoms with van der Waals surface area (Å²) in [6, 6.07) is 11.9. The summed E-state index contributed by atoms with van der Waals surface area (Å²) in [6.07, 6.45) is 0. The highest BCUT2D eigenvalue weighted by Gasteiger charge is 2.15. The van der Waals surface area contributed by atoms with Crippen LogP contribution in [0.4, 0.5) is 4.39 Å². The van der Waals surface area contributed by atoms with Crippen LogP contribution in [0.2, 0.25) is 0 Å². The Morgan fingerprint density at radius 3 is 2.57 bits per heavy atom. The highest BCUT2D eigenvalue weighted by atomic mass is 32.2. The lowest BCUT2D eigenvalue weighted by Gasteiger charge is -2.08. The Morgan fingerprint density at radius 1 is 1.19 bits per heavy atom. The Balaban J connectivity index is 2.21. The minimum Gasteiger partial charge on any atom is -0.389 e. The van der Waals surface area contributed by atoms with Crippen LogP contribution in [0.25, 0.3) is 0 Å². The molecule has 0 atom stereocenters. The van der Waals surface area contributed by atoms with Crippen molar-refractivity contribution in [2.75, 3.05) is 0 Å². The largest absolute Gasteiger partial charge is 0.389 e. The summed E-state index contributed by atoms with van der Waals surface area (Å²) in [6.45, 7) is -0.133. The summed E-state index contributed by atoms with van der Waals surface area (Å²) < 4.78 is 40.2. The van der Waals surface area contributed by atoms with Gasteiger partial charge in [-0.15, -0.1) is 0 Å². The Kier molecular flexibility index (Phi) is 4.66. The first kappa shape index (κ1) is 15.6. The normalized spacial score (nSPS) is 11.3. The van der Waals surface area contributed by atoms with Gasteiger partial charge < -0.3 is 5.73 Å². The average Bonchev–Trinajstić information content (AvgIpc) is 2.46. The summed E-state index contributed by atoms with van der Waals surface area (Å²) in [7, 11) is -3.76. The second-order valence-electron chi connectivity index (χ2n) is 4.31. The predicted octanol–water partition coefficient (Wildman–Crippen LogP) is 1.94. The van der Waals surface area contributed by atoms with E-state index < -0.39 is 15.8 Å². The third-order valence-corrected chi connectivity index (χ3v) is 4.47. The van der Waals surface area contributed by atoms with Crippen LogP contribution in [-0.4, -0.2) is 13.4 Å². The second kappa shape index (κ2) is 6.30. The molecule has 0 aliphatic heterocycles. The van der Waals surface area contributed by atoms with Gasteiger partial charge in [0.25, 0.3) is 0 Å². The van der Waals surface area contributed by atoms with Gasteiger partial charge >= 0.3 is 0 Å². The Morgan fingerprint density at radius 2 is 1.90 bits per heavy atom. The van der Waals surface area contributed by atoms with Gasteiger partial charge in [0, 0.05) is 17.7 Å². The maximum atomic E-state index is 13.5. The van der Waals surface area contributed by atoms with Gasteiger partial charge in [-0.2, -0.15) is 0 Å². The van der Waals surface area contributed by atoms with Crippen LogP contribution < -0.4 is 10.5 Å². The fourth-order valence-electron chi connectivity index (χ4n) is 1.71. The number of nitrogens with two attached hydrogens (primary N) is 1. The quantitative estimate of drug-likeness (QED) is 0.825. The van der Waals surface area contributed by atoms with Crippen molar-refractivity contribution >= 4 is 27.2 Å². The Hall–Kier alpha value is -1.83. The van der Waals surface area contributed by atoms with Gasteiger partial charge in [-0.1, -0.05) is 42.5 Å². The molecule has 4 nitrogen and oxygen atoms in total. The lowest BCUT2D eigenvalue weighted by atomic mass is 10.2. The fourth-order valence-corrected chi connectivity index (χ4v) is 2.89. The summed E-state index contributed by atoms with van der Waals surface area (Å²) in [4.78, 5) is 0.144. The molecule has 0 aliphatic rings. The molecule has 2 aromatic rings. The first-order chi connectivity index (χ1) is 9.90. The molecule has 0 unspecified atom stereocenters. The summed E-state index contributed by atoms with van der Waals surface area (Å²) in [5.41, 5.74) is 6.20. The van der Waals surface area contributed by atoms with Gasteiger partial charge in [-0.3, -0.25) is 0 Å². The van der Waals surface area contributed by atoms with E-state index in [1.165, 1.54) is 24.3 Å². The number of hydrogen-bond donors (Lipinski definition) is 2. The first-order valence-corrected chi connectivity index (χ1v) is 7.92. The average molecular weight is 324 g/mol. The lowest BCUT2D eigenvalue weighted by molar-refractivity contribution is 0.574. The molecule has 21 heavy (non-hydrogen) atoms.